The Morgan fingerprint density at radius 1 is 1.11 bits per heavy atom. The average Bonchev–Trinajstić information content (AvgIpc) is 3.45. The zero-order chi connectivity index (χ0) is 19.0. The van der Waals surface area contributed by atoms with Crippen molar-refractivity contribution in [3.05, 3.63) is 23.8 Å². The van der Waals surface area contributed by atoms with Gasteiger partial charge < -0.3 is 21.1 Å². The van der Waals surface area contributed by atoms with Gasteiger partial charge in [-0.05, 0) is 68.6 Å². The first-order valence-corrected chi connectivity index (χ1v) is 10.1. The molecule has 2 unspecified atom stereocenters. The third-order valence-corrected chi connectivity index (χ3v) is 6.43. The molecule has 3 saturated carbocycles. The molecule has 0 spiro atoms. The van der Waals surface area contributed by atoms with E-state index < -0.39 is 0 Å². The Hall–Kier alpha value is -2.08. The van der Waals surface area contributed by atoms with Gasteiger partial charge in [0.1, 0.15) is 5.75 Å². The number of hydrogen-bond donors (Lipinski definition) is 3. The van der Waals surface area contributed by atoms with Crippen LogP contribution in [0.5, 0.6) is 5.75 Å². The lowest BCUT2D eigenvalue weighted by atomic mass is 9.65. The standard InChI is InChI=1S/C21H29N3O3/c1-27-16-7-8-18(17(11-16)21(26)23-15-5-6-15)24-20(25)14-9-12-3-2-4-13(10-14)19(12)22/h7-8,11-15,19H,2-6,9-10,22H2,1H3,(H,23,26)(H,24,25). The van der Waals surface area contributed by atoms with Crippen LogP contribution in [-0.2, 0) is 4.79 Å². The fourth-order valence-electron chi connectivity index (χ4n) is 4.68. The summed E-state index contributed by atoms with van der Waals surface area (Å²) in [7, 11) is 1.57. The summed E-state index contributed by atoms with van der Waals surface area (Å²) in [6.45, 7) is 0. The highest BCUT2D eigenvalue weighted by Gasteiger charge is 2.40. The van der Waals surface area contributed by atoms with Gasteiger partial charge in [-0.1, -0.05) is 6.42 Å². The topological polar surface area (TPSA) is 93.4 Å². The highest BCUT2D eigenvalue weighted by atomic mass is 16.5. The van der Waals surface area contributed by atoms with Gasteiger partial charge in [0.25, 0.3) is 5.91 Å². The second kappa shape index (κ2) is 7.50. The Balaban J connectivity index is 1.49. The Morgan fingerprint density at radius 2 is 1.81 bits per heavy atom. The minimum atomic E-state index is -0.158. The van der Waals surface area contributed by atoms with Crippen molar-refractivity contribution < 1.29 is 14.3 Å². The molecule has 3 aliphatic carbocycles. The molecule has 3 fully saturated rings. The van der Waals surface area contributed by atoms with Gasteiger partial charge >= 0.3 is 0 Å². The molecule has 146 valence electrons. The largest absolute Gasteiger partial charge is 0.497 e. The summed E-state index contributed by atoms with van der Waals surface area (Å²) >= 11 is 0. The summed E-state index contributed by atoms with van der Waals surface area (Å²) in [6.07, 6.45) is 7.21. The van der Waals surface area contributed by atoms with Gasteiger partial charge in [0.05, 0.1) is 18.4 Å². The van der Waals surface area contributed by atoms with Crippen molar-refractivity contribution in [1.29, 1.82) is 0 Å². The van der Waals surface area contributed by atoms with Crippen molar-refractivity contribution >= 4 is 17.5 Å². The van der Waals surface area contributed by atoms with E-state index in [2.05, 4.69) is 10.6 Å². The lowest BCUT2D eigenvalue weighted by molar-refractivity contribution is -0.122. The van der Waals surface area contributed by atoms with Gasteiger partial charge in [0.2, 0.25) is 5.91 Å². The highest BCUT2D eigenvalue weighted by Crippen LogP contribution is 2.42. The Kier molecular flexibility index (Phi) is 5.08. The van der Waals surface area contributed by atoms with Gasteiger partial charge in [-0.25, -0.2) is 0 Å². The third-order valence-electron chi connectivity index (χ3n) is 6.43. The molecule has 6 nitrogen and oxygen atoms in total. The summed E-state index contributed by atoms with van der Waals surface area (Å²) in [6, 6.07) is 5.72. The molecule has 27 heavy (non-hydrogen) atoms. The van der Waals surface area contributed by atoms with Crippen LogP contribution >= 0.6 is 0 Å². The van der Waals surface area contributed by atoms with Crippen LogP contribution in [0.3, 0.4) is 0 Å². The van der Waals surface area contributed by atoms with Gasteiger partial charge in [-0.15, -0.1) is 0 Å². The van der Waals surface area contributed by atoms with Gasteiger partial charge in [0, 0.05) is 18.0 Å². The monoisotopic (exact) mass is 371 g/mol. The lowest BCUT2D eigenvalue weighted by Gasteiger charge is -2.43. The maximum Gasteiger partial charge on any atom is 0.253 e. The van der Waals surface area contributed by atoms with Crippen molar-refractivity contribution in [3.8, 4) is 5.75 Å². The van der Waals surface area contributed by atoms with E-state index in [4.69, 9.17) is 10.5 Å². The van der Waals surface area contributed by atoms with Crippen LogP contribution in [0.2, 0.25) is 0 Å². The quantitative estimate of drug-likeness (QED) is 0.742. The summed E-state index contributed by atoms with van der Waals surface area (Å²) in [5.41, 5.74) is 7.36. The van der Waals surface area contributed by atoms with Crippen LogP contribution in [0, 0.1) is 17.8 Å². The van der Waals surface area contributed by atoms with Crippen molar-refractivity contribution in [2.75, 3.05) is 12.4 Å². The SMILES string of the molecule is COc1ccc(NC(=O)C2CC3CCCC(C2)C3N)c(C(=O)NC2CC2)c1. The van der Waals surface area contributed by atoms with E-state index in [9.17, 15) is 9.59 Å². The number of anilines is 1. The number of methoxy groups -OCH3 is 1. The molecule has 2 amide bonds. The Labute approximate surface area is 160 Å². The molecular weight excluding hydrogens is 342 g/mol. The molecule has 0 heterocycles. The number of rotatable bonds is 5. The van der Waals surface area contributed by atoms with Crippen LogP contribution < -0.4 is 21.1 Å². The molecule has 0 radical (unpaired) electrons. The van der Waals surface area contributed by atoms with Gasteiger partial charge in [-0.3, -0.25) is 9.59 Å². The van der Waals surface area contributed by atoms with E-state index in [0.29, 0.717) is 28.8 Å². The van der Waals surface area contributed by atoms with Crippen molar-refractivity contribution in [2.24, 2.45) is 23.5 Å². The van der Waals surface area contributed by atoms with Crippen LogP contribution in [0.4, 0.5) is 5.69 Å². The minimum absolute atomic E-state index is 0.00411. The van der Waals surface area contributed by atoms with Crippen LogP contribution in [0.15, 0.2) is 18.2 Å². The first-order chi connectivity index (χ1) is 13.0. The molecule has 3 aliphatic rings. The van der Waals surface area contributed by atoms with E-state index in [1.165, 1.54) is 6.42 Å². The Bertz CT molecular complexity index is 717. The smallest absolute Gasteiger partial charge is 0.253 e. The molecule has 2 bridgehead atoms. The molecule has 4 N–H and O–H groups in total. The second-order valence-electron chi connectivity index (χ2n) is 8.35. The molecule has 4 rings (SSSR count). The molecule has 6 heteroatoms. The van der Waals surface area contributed by atoms with E-state index in [-0.39, 0.29) is 29.8 Å². The first kappa shape index (κ1) is 18.3. The second-order valence-corrected chi connectivity index (χ2v) is 8.35. The summed E-state index contributed by atoms with van der Waals surface area (Å²) in [5.74, 6) is 1.32. The normalized spacial score (nSPS) is 29.7. The number of nitrogens with one attached hydrogen (secondary N) is 2. The lowest BCUT2D eigenvalue weighted by Crippen LogP contribution is -2.48. The number of carbonyl (C=O) groups excluding carboxylic acids is 2. The van der Waals surface area contributed by atoms with Crippen LogP contribution in [-0.4, -0.2) is 31.0 Å². The average molecular weight is 371 g/mol. The zero-order valence-corrected chi connectivity index (χ0v) is 15.9. The maximum atomic E-state index is 13.0. The molecule has 0 saturated heterocycles. The van der Waals surface area contributed by atoms with E-state index >= 15 is 0 Å². The van der Waals surface area contributed by atoms with Crippen LogP contribution in [0.25, 0.3) is 0 Å². The molecule has 0 aliphatic heterocycles. The third kappa shape index (κ3) is 3.95. The molecule has 1 aromatic rings. The minimum Gasteiger partial charge on any atom is -0.497 e. The van der Waals surface area contributed by atoms with E-state index in [1.807, 2.05) is 0 Å². The summed E-state index contributed by atoms with van der Waals surface area (Å²) in [4.78, 5) is 25.6. The number of amides is 2. The predicted octanol–water partition coefficient (Wildman–Crippen LogP) is 2.68. The first-order valence-electron chi connectivity index (χ1n) is 10.1. The van der Waals surface area contributed by atoms with Crippen molar-refractivity contribution in [3.63, 3.8) is 0 Å². The molecule has 1 aromatic carbocycles. The molecule has 2 atom stereocenters. The number of fused-ring (bicyclic) bond motifs is 2. The van der Waals surface area contributed by atoms with Crippen molar-refractivity contribution in [2.45, 2.75) is 57.0 Å². The Morgan fingerprint density at radius 3 is 2.44 bits per heavy atom. The fraction of sp³-hybridized carbons (Fsp3) is 0.619. The summed E-state index contributed by atoms with van der Waals surface area (Å²) in [5, 5.41) is 6.00. The zero-order valence-electron chi connectivity index (χ0n) is 15.9. The maximum absolute atomic E-state index is 13.0. The summed E-state index contributed by atoms with van der Waals surface area (Å²) < 4.78 is 5.26. The number of hydrogen-bond acceptors (Lipinski definition) is 4. The highest BCUT2D eigenvalue weighted by molar-refractivity contribution is 6.04. The van der Waals surface area contributed by atoms with E-state index in [0.717, 1.165) is 38.5 Å². The number of benzene rings is 1. The van der Waals surface area contributed by atoms with Gasteiger partial charge in [-0.2, -0.15) is 0 Å². The van der Waals surface area contributed by atoms with Gasteiger partial charge in [0.15, 0.2) is 0 Å². The molecular formula is C21H29N3O3. The number of ether oxygens (including phenoxy) is 1. The molecule has 0 aromatic heterocycles. The van der Waals surface area contributed by atoms with Crippen LogP contribution in [0.1, 0.15) is 55.3 Å². The predicted molar refractivity (Wildman–Crippen MR) is 104 cm³/mol. The fourth-order valence-corrected chi connectivity index (χ4v) is 4.68. The van der Waals surface area contributed by atoms with Crippen molar-refractivity contribution in [1.82, 2.24) is 5.32 Å². The van der Waals surface area contributed by atoms with E-state index in [1.54, 1.807) is 25.3 Å². The number of carbonyl (C=O) groups is 2. The number of nitrogens with two attached hydrogens (primary N) is 1.